The molecule has 3 heteroatoms. The average molecular weight is 237 g/mol. The fourth-order valence-corrected chi connectivity index (χ4v) is 1.91. The molecule has 3 rings (SSSR count). The van der Waals surface area contributed by atoms with Crippen molar-refractivity contribution >= 4 is 0 Å². The van der Waals surface area contributed by atoms with Crippen molar-refractivity contribution in [3.63, 3.8) is 0 Å². The average Bonchev–Trinajstić information content (AvgIpc) is 2.93. The largest absolute Gasteiger partial charge is 0.472 e. The third kappa shape index (κ3) is 1.98. The van der Waals surface area contributed by atoms with Gasteiger partial charge in [0.25, 0.3) is 0 Å². The minimum absolute atomic E-state index is 0.118. The molecule has 2 aromatic heterocycles. The van der Waals surface area contributed by atoms with Gasteiger partial charge in [0.15, 0.2) is 0 Å². The Morgan fingerprint density at radius 3 is 2.44 bits per heavy atom. The highest BCUT2D eigenvalue weighted by molar-refractivity contribution is 5.69. The molecule has 0 aliphatic heterocycles. The van der Waals surface area contributed by atoms with E-state index < -0.39 is 0 Å². The van der Waals surface area contributed by atoms with Crippen molar-refractivity contribution in [2.24, 2.45) is 0 Å². The Labute approximate surface area is 104 Å². The van der Waals surface area contributed by atoms with Gasteiger partial charge in [-0.1, -0.05) is 30.3 Å². The normalized spacial score (nSPS) is 10.4. The van der Waals surface area contributed by atoms with Crippen molar-refractivity contribution in [1.29, 1.82) is 0 Å². The molecule has 0 amide bonds. The molecule has 1 N–H and O–H groups in total. The standard InChI is InChI=1S/C15H11NO2/c17-15-9-13(12-6-7-18-10-12)8-14(16-15)11-4-2-1-3-5-11/h1-10H,(H,16,17). The monoisotopic (exact) mass is 237 g/mol. The summed E-state index contributed by atoms with van der Waals surface area (Å²) in [6.45, 7) is 0. The summed E-state index contributed by atoms with van der Waals surface area (Å²) in [5.41, 5.74) is 3.43. The van der Waals surface area contributed by atoms with Crippen molar-refractivity contribution in [3.05, 3.63) is 71.4 Å². The van der Waals surface area contributed by atoms with Crippen LogP contribution in [-0.4, -0.2) is 4.98 Å². The van der Waals surface area contributed by atoms with E-state index in [1.165, 1.54) is 0 Å². The number of H-pyrrole nitrogens is 1. The number of pyridine rings is 1. The zero-order chi connectivity index (χ0) is 12.4. The predicted molar refractivity (Wildman–Crippen MR) is 70.2 cm³/mol. The second-order valence-corrected chi connectivity index (χ2v) is 4.02. The van der Waals surface area contributed by atoms with Crippen LogP contribution < -0.4 is 5.56 Å². The van der Waals surface area contributed by atoms with E-state index in [1.54, 1.807) is 18.6 Å². The highest BCUT2D eigenvalue weighted by Gasteiger charge is 2.04. The van der Waals surface area contributed by atoms with Crippen molar-refractivity contribution in [2.45, 2.75) is 0 Å². The van der Waals surface area contributed by atoms with Gasteiger partial charge < -0.3 is 9.40 Å². The summed E-state index contributed by atoms with van der Waals surface area (Å²) in [6, 6.07) is 15.1. The summed E-state index contributed by atoms with van der Waals surface area (Å²) < 4.78 is 5.04. The molecule has 0 unspecified atom stereocenters. The Kier molecular flexibility index (Phi) is 2.57. The first-order chi connectivity index (χ1) is 8.83. The third-order valence-electron chi connectivity index (χ3n) is 2.78. The second kappa shape index (κ2) is 4.37. The lowest BCUT2D eigenvalue weighted by atomic mass is 10.1. The summed E-state index contributed by atoms with van der Waals surface area (Å²) in [5.74, 6) is 0. The van der Waals surface area contributed by atoms with Crippen LogP contribution in [0.2, 0.25) is 0 Å². The lowest BCUT2D eigenvalue weighted by Gasteiger charge is -2.03. The van der Waals surface area contributed by atoms with E-state index in [1.807, 2.05) is 42.5 Å². The van der Waals surface area contributed by atoms with Crippen molar-refractivity contribution in [1.82, 2.24) is 4.98 Å². The molecule has 0 bridgehead atoms. The van der Waals surface area contributed by atoms with Gasteiger partial charge in [0.05, 0.1) is 12.5 Å². The van der Waals surface area contributed by atoms with Crippen molar-refractivity contribution in [2.75, 3.05) is 0 Å². The molecule has 0 saturated heterocycles. The van der Waals surface area contributed by atoms with Crippen LogP contribution >= 0.6 is 0 Å². The van der Waals surface area contributed by atoms with Gasteiger partial charge in [0, 0.05) is 17.3 Å². The molecule has 0 fully saturated rings. The van der Waals surface area contributed by atoms with Crippen LogP contribution in [0.1, 0.15) is 0 Å². The fraction of sp³-hybridized carbons (Fsp3) is 0. The first kappa shape index (κ1) is 10.6. The lowest BCUT2D eigenvalue weighted by Crippen LogP contribution is -2.05. The predicted octanol–water partition coefficient (Wildman–Crippen LogP) is 3.30. The quantitative estimate of drug-likeness (QED) is 0.743. The fourth-order valence-electron chi connectivity index (χ4n) is 1.91. The molecular weight excluding hydrogens is 226 g/mol. The Morgan fingerprint density at radius 1 is 0.889 bits per heavy atom. The summed E-state index contributed by atoms with van der Waals surface area (Å²) >= 11 is 0. The number of nitrogens with one attached hydrogen (secondary N) is 1. The van der Waals surface area contributed by atoms with Gasteiger partial charge in [0.2, 0.25) is 5.56 Å². The van der Waals surface area contributed by atoms with Gasteiger partial charge in [-0.3, -0.25) is 4.79 Å². The van der Waals surface area contributed by atoms with Gasteiger partial charge in [-0.25, -0.2) is 0 Å². The van der Waals surface area contributed by atoms with E-state index in [0.29, 0.717) is 0 Å². The van der Waals surface area contributed by atoms with Crippen LogP contribution in [0.15, 0.2) is 70.3 Å². The first-order valence-corrected chi connectivity index (χ1v) is 5.65. The number of aromatic nitrogens is 1. The van der Waals surface area contributed by atoms with E-state index >= 15 is 0 Å². The van der Waals surface area contributed by atoms with E-state index in [2.05, 4.69) is 4.98 Å². The first-order valence-electron chi connectivity index (χ1n) is 5.65. The highest BCUT2D eigenvalue weighted by atomic mass is 16.3. The maximum atomic E-state index is 11.7. The number of aromatic amines is 1. The van der Waals surface area contributed by atoms with Gasteiger partial charge in [-0.15, -0.1) is 0 Å². The molecule has 0 aliphatic carbocycles. The number of benzene rings is 1. The number of hydrogen-bond acceptors (Lipinski definition) is 2. The highest BCUT2D eigenvalue weighted by Crippen LogP contribution is 2.23. The summed E-state index contributed by atoms with van der Waals surface area (Å²) in [4.78, 5) is 14.5. The van der Waals surface area contributed by atoms with Gasteiger partial charge in [-0.2, -0.15) is 0 Å². The number of hydrogen-bond donors (Lipinski definition) is 1. The van der Waals surface area contributed by atoms with Crippen molar-refractivity contribution in [3.8, 4) is 22.4 Å². The molecule has 3 nitrogen and oxygen atoms in total. The number of furan rings is 1. The molecule has 18 heavy (non-hydrogen) atoms. The maximum absolute atomic E-state index is 11.7. The van der Waals surface area contributed by atoms with E-state index in [0.717, 1.165) is 22.4 Å². The lowest BCUT2D eigenvalue weighted by molar-refractivity contribution is 0.568. The van der Waals surface area contributed by atoms with Crippen LogP contribution in [0.4, 0.5) is 0 Å². The topological polar surface area (TPSA) is 46.0 Å². The van der Waals surface area contributed by atoms with Gasteiger partial charge in [-0.05, 0) is 23.3 Å². The van der Waals surface area contributed by atoms with E-state index in [-0.39, 0.29) is 5.56 Å². The molecule has 2 heterocycles. The minimum atomic E-state index is -0.118. The Morgan fingerprint density at radius 2 is 1.72 bits per heavy atom. The van der Waals surface area contributed by atoms with Crippen LogP contribution in [0, 0.1) is 0 Å². The molecule has 1 aromatic carbocycles. The molecule has 0 spiro atoms. The Balaban J connectivity index is 2.15. The molecule has 0 aliphatic rings. The zero-order valence-corrected chi connectivity index (χ0v) is 9.59. The maximum Gasteiger partial charge on any atom is 0.249 e. The molecular formula is C15H11NO2. The number of rotatable bonds is 2. The van der Waals surface area contributed by atoms with Crippen LogP contribution in [0.5, 0.6) is 0 Å². The summed E-state index contributed by atoms with van der Waals surface area (Å²) in [6.07, 6.45) is 3.22. The van der Waals surface area contributed by atoms with Crippen molar-refractivity contribution < 1.29 is 4.42 Å². The van der Waals surface area contributed by atoms with Gasteiger partial charge >= 0.3 is 0 Å². The zero-order valence-electron chi connectivity index (χ0n) is 9.59. The van der Waals surface area contributed by atoms with Crippen LogP contribution in [0.3, 0.4) is 0 Å². The van der Waals surface area contributed by atoms with E-state index in [9.17, 15) is 4.79 Å². The molecule has 0 radical (unpaired) electrons. The molecule has 0 saturated carbocycles. The third-order valence-corrected chi connectivity index (χ3v) is 2.78. The molecule has 88 valence electrons. The molecule has 0 atom stereocenters. The summed E-state index contributed by atoms with van der Waals surface area (Å²) in [5, 5.41) is 0. The van der Waals surface area contributed by atoms with Crippen LogP contribution in [-0.2, 0) is 0 Å². The van der Waals surface area contributed by atoms with Crippen LogP contribution in [0.25, 0.3) is 22.4 Å². The van der Waals surface area contributed by atoms with Gasteiger partial charge in [0.1, 0.15) is 0 Å². The summed E-state index contributed by atoms with van der Waals surface area (Å²) in [7, 11) is 0. The SMILES string of the molecule is O=c1cc(-c2ccoc2)cc(-c2ccccc2)[nH]1. The second-order valence-electron chi connectivity index (χ2n) is 4.02. The molecule has 3 aromatic rings. The van der Waals surface area contributed by atoms with E-state index in [4.69, 9.17) is 4.42 Å². The smallest absolute Gasteiger partial charge is 0.249 e. The Bertz CT molecular complexity index is 697. The minimum Gasteiger partial charge on any atom is -0.472 e. The Hall–Kier alpha value is -2.55.